The maximum absolute atomic E-state index is 6.12. The molecule has 3 rings (SSSR count). The quantitative estimate of drug-likeness (QED) is 0.786. The number of hydrogen-bond acceptors (Lipinski definition) is 4. The zero-order chi connectivity index (χ0) is 12.4. The van der Waals surface area contributed by atoms with Crippen LogP contribution in [0.5, 0.6) is 0 Å². The Morgan fingerprint density at radius 3 is 2.78 bits per heavy atom. The van der Waals surface area contributed by atoms with Crippen molar-refractivity contribution in [2.75, 3.05) is 5.32 Å². The summed E-state index contributed by atoms with van der Waals surface area (Å²) in [7, 11) is 0. The SMILES string of the molecule is Clc1cccc2nc(NCc3ccncc3)sc12. The van der Waals surface area contributed by atoms with Crippen molar-refractivity contribution >= 4 is 38.3 Å². The number of hydrogen-bond donors (Lipinski definition) is 1. The summed E-state index contributed by atoms with van der Waals surface area (Å²) < 4.78 is 1.02. The summed E-state index contributed by atoms with van der Waals surface area (Å²) in [6.45, 7) is 0.736. The van der Waals surface area contributed by atoms with Gasteiger partial charge in [0.25, 0.3) is 0 Å². The van der Waals surface area contributed by atoms with E-state index < -0.39 is 0 Å². The summed E-state index contributed by atoms with van der Waals surface area (Å²) in [4.78, 5) is 8.48. The van der Waals surface area contributed by atoms with E-state index in [-0.39, 0.29) is 0 Å². The molecule has 0 saturated heterocycles. The number of nitrogens with one attached hydrogen (secondary N) is 1. The second-order valence-corrected chi connectivity index (χ2v) is 5.22. The minimum atomic E-state index is 0.736. The smallest absolute Gasteiger partial charge is 0.184 e. The van der Waals surface area contributed by atoms with Gasteiger partial charge in [-0.05, 0) is 29.8 Å². The molecule has 0 atom stereocenters. The van der Waals surface area contributed by atoms with Gasteiger partial charge in [-0.1, -0.05) is 29.0 Å². The summed E-state index contributed by atoms with van der Waals surface area (Å²) in [5, 5.41) is 4.93. The summed E-state index contributed by atoms with van der Waals surface area (Å²) in [6, 6.07) is 9.72. The zero-order valence-corrected chi connectivity index (χ0v) is 11.0. The first kappa shape index (κ1) is 11.4. The van der Waals surface area contributed by atoms with E-state index in [0.29, 0.717) is 0 Å². The number of fused-ring (bicyclic) bond motifs is 1. The van der Waals surface area contributed by atoms with Crippen molar-refractivity contribution in [2.45, 2.75) is 6.54 Å². The first-order chi connectivity index (χ1) is 8.83. The number of halogens is 1. The van der Waals surface area contributed by atoms with E-state index in [4.69, 9.17) is 11.6 Å². The second-order valence-electron chi connectivity index (χ2n) is 3.82. The van der Waals surface area contributed by atoms with Crippen LogP contribution in [-0.2, 0) is 6.54 Å². The molecule has 0 fully saturated rings. The average molecular weight is 276 g/mol. The number of pyridine rings is 1. The van der Waals surface area contributed by atoms with Crippen LogP contribution in [-0.4, -0.2) is 9.97 Å². The molecule has 2 heterocycles. The van der Waals surface area contributed by atoms with Crippen molar-refractivity contribution < 1.29 is 0 Å². The minimum Gasteiger partial charge on any atom is -0.357 e. The molecule has 0 radical (unpaired) electrons. The van der Waals surface area contributed by atoms with Crippen LogP contribution in [0.4, 0.5) is 5.13 Å². The minimum absolute atomic E-state index is 0.736. The van der Waals surface area contributed by atoms with Crippen molar-refractivity contribution in [2.24, 2.45) is 0 Å². The standard InChI is InChI=1S/C13H10ClN3S/c14-10-2-1-3-11-12(10)18-13(17-11)16-8-9-4-6-15-7-5-9/h1-7H,8H2,(H,16,17). The first-order valence-corrected chi connectivity index (χ1v) is 6.70. The summed E-state index contributed by atoms with van der Waals surface area (Å²) in [5.41, 5.74) is 2.11. The third kappa shape index (κ3) is 2.30. The van der Waals surface area contributed by atoms with Crippen LogP contribution in [0.2, 0.25) is 5.02 Å². The summed E-state index contributed by atoms with van der Waals surface area (Å²) >= 11 is 7.70. The van der Waals surface area contributed by atoms with Crippen LogP contribution >= 0.6 is 22.9 Å². The molecule has 0 aliphatic heterocycles. The molecule has 90 valence electrons. The Kier molecular flexibility index (Phi) is 3.13. The average Bonchev–Trinajstić information content (AvgIpc) is 2.82. The number of benzene rings is 1. The van der Waals surface area contributed by atoms with Crippen LogP contribution in [0.3, 0.4) is 0 Å². The molecule has 2 aromatic heterocycles. The highest BCUT2D eigenvalue weighted by Crippen LogP contribution is 2.31. The van der Waals surface area contributed by atoms with Crippen LogP contribution in [0, 0.1) is 0 Å². The number of nitrogens with zero attached hydrogens (tertiary/aromatic N) is 2. The molecule has 0 spiro atoms. The molecule has 18 heavy (non-hydrogen) atoms. The van der Waals surface area contributed by atoms with Gasteiger partial charge in [0.05, 0.1) is 15.2 Å². The second kappa shape index (κ2) is 4.92. The lowest BCUT2D eigenvalue weighted by Gasteiger charge is -2.01. The third-order valence-corrected chi connectivity index (χ3v) is 4.05. The highest BCUT2D eigenvalue weighted by atomic mass is 35.5. The fraction of sp³-hybridized carbons (Fsp3) is 0.0769. The Balaban J connectivity index is 1.81. The lowest BCUT2D eigenvalue weighted by Crippen LogP contribution is -1.98. The van der Waals surface area contributed by atoms with Crippen molar-refractivity contribution in [3.8, 4) is 0 Å². The van der Waals surface area contributed by atoms with Crippen molar-refractivity contribution in [3.05, 3.63) is 53.3 Å². The van der Waals surface area contributed by atoms with Crippen LogP contribution < -0.4 is 5.32 Å². The molecule has 0 aliphatic carbocycles. The maximum Gasteiger partial charge on any atom is 0.184 e. The molecule has 5 heteroatoms. The molecule has 0 unspecified atom stereocenters. The van der Waals surface area contributed by atoms with Gasteiger partial charge in [0, 0.05) is 18.9 Å². The van der Waals surface area contributed by atoms with Gasteiger partial charge in [-0.2, -0.15) is 0 Å². The first-order valence-electron chi connectivity index (χ1n) is 5.51. The summed E-state index contributed by atoms with van der Waals surface area (Å²) in [5.74, 6) is 0. The fourth-order valence-electron chi connectivity index (χ4n) is 1.67. The molecule has 0 bridgehead atoms. The molecular weight excluding hydrogens is 266 g/mol. The van der Waals surface area contributed by atoms with Crippen LogP contribution in [0.25, 0.3) is 10.2 Å². The van der Waals surface area contributed by atoms with Gasteiger partial charge in [-0.15, -0.1) is 0 Å². The topological polar surface area (TPSA) is 37.8 Å². The Labute approximate surface area is 113 Å². The number of aromatic nitrogens is 2. The number of rotatable bonds is 3. The molecule has 1 aromatic carbocycles. The molecule has 3 aromatic rings. The fourth-order valence-corrected chi connectivity index (χ4v) is 2.82. The van der Waals surface area contributed by atoms with E-state index in [1.807, 2.05) is 30.3 Å². The Bertz CT molecular complexity index is 666. The normalized spacial score (nSPS) is 10.7. The van der Waals surface area contributed by atoms with Gasteiger partial charge >= 0.3 is 0 Å². The largest absolute Gasteiger partial charge is 0.357 e. The Morgan fingerprint density at radius 1 is 1.17 bits per heavy atom. The molecule has 0 amide bonds. The number of anilines is 1. The predicted molar refractivity (Wildman–Crippen MR) is 76.2 cm³/mol. The zero-order valence-electron chi connectivity index (χ0n) is 9.43. The molecule has 1 N–H and O–H groups in total. The van der Waals surface area contributed by atoms with Gasteiger partial charge in [0.1, 0.15) is 0 Å². The lowest BCUT2D eigenvalue weighted by molar-refractivity contribution is 1.12. The maximum atomic E-state index is 6.12. The lowest BCUT2D eigenvalue weighted by atomic mass is 10.3. The van der Waals surface area contributed by atoms with Crippen molar-refractivity contribution in [1.29, 1.82) is 0 Å². The monoisotopic (exact) mass is 275 g/mol. The highest BCUT2D eigenvalue weighted by Gasteiger charge is 2.06. The van der Waals surface area contributed by atoms with Gasteiger partial charge in [0.15, 0.2) is 5.13 Å². The van der Waals surface area contributed by atoms with Gasteiger partial charge in [0.2, 0.25) is 0 Å². The van der Waals surface area contributed by atoms with Crippen LogP contribution in [0.15, 0.2) is 42.7 Å². The van der Waals surface area contributed by atoms with Gasteiger partial charge in [-0.25, -0.2) is 4.98 Å². The van der Waals surface area contributed by atoms with E-state index in [1.54, 1.807) is 23.7 Å². The third-order valence-electron chi connectivity index (χ3n) is 2.56. The highest BCUT2D eigenvalue weighted by molar-refractivity contribution is 7.22. The van der Waals surface area contributed by atoms with Crippen molar-refractivity contribution in [3.63, 3.8) is 0 Å². The van der Waals surface area contributed by atoms with Gasteiger partial charge < -0.3 is 5.32 Å². The van der Waals surface area contributed by atoms with E-state index in [9.17, 15) is 0 Å². The van der Waals surface area contributed by atoms with E-state index in [0.717, 1.165) is 26.9 Å². The Hall–Kier alpha value is -1.65. The molecule has 0 aliphatic rings. The Morgan fingerprint density at radius 2 is 2.00 bits per heavy atom. The number of thiazole rings is 1. The van der Waals surface area contributed by atoms with Crippen LogP contribution in [0.1, 0.15) is 5.56 Å². The predicted octanol–water partition coefficient (Wildman–Crippen LogP) is 3.96. The van der Waals surface area contributed by atoms with E-state index >= 15 is 0 Å². The summed E-state index contributed by atoms with van der Waals surface area (Å²) in [6.07, 6.45) is 3.57. The van der Waals surface area contributed by atoms with E-state index in [2.05, 4.69) is 15.3 Å². The van der Waals surface area contributed by atoms with E-state index in [1.165, 1.54) is 5.56 Å². The molecule has 0 saturated carbocycles. The molecule has 3 nitrogen and oxygen atoms in total. The van der Waals surface area contributed by atoms with Crippen molar-refractivity contribution in [1.82, 2.24) is 9.97 Å². The van der Waals surface area contributed by atoms with Gasteiger partial charge in [-0.3, -0.25) is 4.98 Å². The molecular formula is C13H10ClN3S.